The van der Waals surface area contributed by atoms with Crippen LogP contribution in [-0.2, 0) is 14.8 Å². The van der Waals surface area contributed by atoms with Crippen LogP contribution >= 0.6 is 0 Å². The molecule has 4 aliphatic carbocycles. The van der Waals surface area contributed by atoms with Crippen LogP contribution in [0.2, 0.25) is 0 Å². The third kappa shape index (κ3) is 3.81. The van der Waals surface area contributed by atoms with Crippen molar-refractivity contribution in [3.05, 3.63) is 23.8 Å². The summed E-state index contributed by atoms with van der Waals surface area (Å²) in [5.74, 6) is 2.52. The summed E-state index contributed by atoms with van der Waals surface area (Å²) in [5.41, 5.74) is 1.73. The predicted molar refractivity (Wildman–Crippen MR) is 118 cm³/mol. The van der Waals surface area contributed by atoms with Gasteiger partial charge >= 0.3 is 0 Å². The average molecular weight is 431 g/mol. The number of nitrogens with zero attached hydrogens (tertiary/aromatic N) is 1. The molecule has 6 rings (SSSR count). The minimum atomic E-state index is -3.50. The van der Waals surface area contributed by atoms with Gasteiger partial charge in [0.2, 0.25) is 15.9 Å². The standard InChI is InChI=1S/C24H34N2O3S/c1-17-5-6-21(30(28,29)26-7-3-2-4-8-26)12-22(17)25-23(27)16-24-13-18-9-19(14-24)11-20(10-18)15-24/h5-6,12,18-20H,2-4,7-11,13-16H2,1H3,(H,25,27). The summed E-state index contributed by atoms with van der Waals surface area (Å²) in [5, 5.41) is 3.08. The van der Waals surface area contributed by atoms with Gasteiger partial charge in [0.1, 0.15) is 0 Å². The number of sulfonamides is 1. The van der Waals surface area contributed by atoms with Crippen LogP contribution in [0, 0.1) is 30.1 Å². The molecule has 4 bridgehead atoms. The van der Waals surface area contributed by atoms with E-state index < -0.39 is 10.0 Å². The molecule has 164 valence electrons. The highest BCUT2D eigenvalue weighted by atomic mass is 32.2. The number of nitrogens with one attached hydrogen (secondary N) is 1. The van der Waals surface area contributed by atoms with Crippen molar-refractivity contribution in [2.75, 3.05) is 18.4 Å². The molecule has 1 heterocycles. The van der Waals surface area contributed by atoms with Crippen molar-refractivity contribution in [3.63, 3.8) is 0 Å². The fraction of sp³-hybridized carbons (Fsp3) is 0.708. The molecule has 4 saturated carbocycles. The number of carbonyl (C=O) groups excluding carboxylic acids is 1. The monoisotopic (exact) mass is 430 g/mol. The number of hydrogen-bond acceptors (Lipinski definition) is 3. The van der Waals surface area contributed by atoms with E-state index in [0.717, 1.165) is 42.6 Å². The fourth-order valence-electron chi connectivity index (χ4n) is 7.19. The number of benzene rings is 1. The highest BCUT2D eigenvalue weighted by Gasteiger charge is 2.51. The number of piperidine rings is 1. The van der Waals surface area contributed by atoms with Gasteiger partial charge in [-0.25, -0.2) is 8.42 Å². The molecule has 1 aromatic carbocycles. The van der Waals surface area contributed by atoms with Gasteiger partial charge in [0, 0.05) is 25.2 Å². The first-order chi connectivity index (χ1) is 14.3. The Bertz CT molecular complexity index is 898. The predicted octanol–water partition coefficient (Wildman–Crippen LogP) is 4.71. The Morgan fingerprint density at radius 1 is 1.03 bits per heavy atom. The zero-order chi connectivity index (χ0) is 20.9. The number of amides is 1. The summed E-state index contributed by atoms with van der Waals surface area (Å²) in [6.45, 7) is 3.10. The van der Waals surface area contributed by atoms with Gasteiger partial charge < -0.3 is 5.32 Å². The fourth-order valence-corrected chi connectivity index (χ4v) is 8.74. The van der Waals surface area contributed by atoms with Gasteiger partial charge in [0.25, 0.3) is 0 Å². The van der Waals surface area contributed by atoms with Gasteiger partial charge in [-0.15, -0.1) is 0 Å². The molecular weight excluding hydrogens is 396 g/mol. The number of aryl methyl sites for hydroxylation is 1. The highest BCUT2D eigenvalue weighted by Crippen LogP contribution is 2.61. The van der Waals surface area contributed by atoms with E-state index in [1.54, 1.807) is 16.4 Å². The minimum Gasteiger partial charge on any atom is -0.326 e. The molecule has 6 heteroatoms. The maximum absolute atomic E-state index is 13.0. The van der Waals surface area contributed by atoms with Crippen molar-refractivity contribution in [3.8, 4) is 0 Å². The van der Waals surface area contributed by atoms with Crippen LogP contribution in [-0.4, -0.2) is 31.7 Å². The van der Waals surface area contributed by atoms with Crippen LogP contribution in [0.4, 0.5) is 5.69 Å². The van der Waals surface area contributed by atoms with E-state index in [2.05, 4.69) is 5.32 Å². The first kappa shape index (κ1) is 20.5. The van der Waals surface area contributed by atoms with Crippen LogP contribution in [0.3, 0.4) is 0 Å². The van der Waals surface area contributed by atoms with Gasteiger partial charge in [0.05, 0.1) is 4.90 Å². The molecule has 0 spiro atoms. The average Bonchev–Trinajstić information content (AvgIpc) is 2.68. The van der Waals surface area contributed by atoms with E-state index in [1.807, 2.05) is 13.0 Å². The Balaban J connectivity index is 1.31. The van der Waals surface area contributed by atoms with Crippen LogP contribution < -0.4 is 5.32 Å². The van der Waals surface area contributed by atoms with Crippen molar-refractivity contribution in [1.82, 2.24) is 4.31 Å². The Labute approximate surface area is 180 Å². The summed E-state index contributed by atoms with van der Waals surface area (Å²) >= 11 is 0. The second-order valence-corrected chi connectivity index (χ2v) is 12.5. The molecule has 1 aromatic rings. The lowest BCUT2D eigenvalue weighted by Crippen LogP contribution is -2.47. The van der Waals surface area contributed by atoms with E-state index in [1.165, 1.54) is 38.5 Å². The van der Waals surface area contributed by atoms with Crippen molar-refractivity contribution in [2.24, 2.45) is 23.2 Å². The number of carbonyl (C=O) groups is 1. The Hall–Kier alpha value is -1.40. The lowest BCUT2D eigenvalue weighted by molar-refractivity contribution is -0.124. The molecule has 1 amide bonds. The SMILES string of the molecule is Cc1ccc(S(=O)(=O)N2CCCCC2)cc1NC(=O)CC12CC3CC(CC(C3)C1)C2. The molecular formula is C24H34N2O3S. The summed E-state index contributed by atoms with van der Waals surface area (Å²) in [6, 6.07) is 5.15. The van der Waals surface area contributed by atoms with Crippen LogP contribution in [0.1, 0.15) is 69.8 Å². The van der Waals surface area contributed by atoms with E-state index in [-0.39, 0.29) is 11.3 Å². The smallest absolute Gasteiger partial charge is 0.243 e. The molecule has 0 aromatic heterocycles. The van der Waals surface area contributed by atoms with Crippen molar-refractivity contribution in [2.45, 2.75) is 76.0 Å². The van der Waals surface area contributed by atoms with Crippen LogP contribution in [0.25, 0.3) is 0 Å². The van der Waals surface area contributed by atoms with Crippen molar-refractivity contribution < 1.29 is 13.2 Å². The molecule has 1 N–H and O–H groups in total. The molecule has 1 aliphatic heterocycles. The lowest BCUT2D eigenvalue weighted by Gasteiger charge is -2.56. The third-order valence-electron chi connectivity index (χ3n) is 8.14. The van der Waals surface area contributed by atoms with E-state index in [4.69, 9.17) is 0 Å². The maximum Gasteiger partial charge on any atom is 0.243 e. The molecule has 1 saturated heterocycles. The molecule has 5 fully saturated rings. The first-order valence-electron chi connectivity index (χ1n) is 11.7. The highest BCUT2D eigenvalue weighted by molar-refractivity contribution is 7.89. The molecule has 30 heavy (non-hydrogen) atoms. The third-order valence-corrected chi connectivity index (χ3v) is 10.0. The van der Waals surface area contributed by atoms with E-state index in [0.29, 0.717) is 30.1 Å². The second kappa shape index (κ2) is 7.63. The molecule has 0 radical (unpaired) electrons. The van der Waals surface area contributed by atoms with Gasteiger partial charge in [-0.05, 0) is 99.2 Å². The first-order valence-corrected chi connectivity index (χ1v) is 13.2. The zero-order valence-corrected chi connectivity index (χ0v) is 18.8. The number of rotatable bonds is 5. The van der Waals surface area contributed by atoms with Gasteiger partial charge in [-0.3, -0.25) is 4.79 Å². The van der Waals surface area contributed by atoms with E-state index in [9.17, 15) is 13.2 Å². The van der Waals surface area contributed by atoms with Crippen LogP contribution in [0.5, 0.6) is 0 Å². The second-order valence-electron chi connectivity index (χ2n) is 10.6. The Kier molecular flexibility index (Phi) is 5.21. The molecule has 5 aliphatic rings. The number of hydrogen-bond donors (Lipinski definition) is 1. The minimum absolute atomic E-state index is 0.0487. The van der Waals surface area contributed by atoms with Crippen molar-refractivity contribution in [1.29, 1.82) is 0 Å². The Morgan fingerprint density at radius 3 is 2.23 bits per heavy atom. The van der Waals surface area contributed by atoms with Crippen LogP contribution in [0.15, 0.2) is 23.1 Å². The molecule has 0 unspecified atom stereocenters. The molecule has 5 nitrogen and oxygen atoms in total. The number of anilines is 1. The zero-order valence-electron chi connectivity index (χ0n) is 18.0. The summed E-state index contributed by atoms with van der Waals surface area (Å²) < 4.78 is 27.7. The van der Waals surface area contributed by atoms with Crippen molar-refractivity contribution >= 4 is 21.6 Å². The summed E-state index contributed by atoms with van der Waals surface area (Å²) in [4.78, 5) is 13.3. The normalized spacial score (nSPS) is 33.6. The quantitative estimate of drug-likeness (QED) is 0.735. The molecule has 0 atom stereocenters. The lowest BCUT2D eigenvalue weighted by atomic mass is 9.49. The van der Waals surface area contributed by atoms with Gasteiger partial charge in [-0.1, -0.05) is 12.5 Å². The maximum atomic E-state index is 13.0. The van der Waals surface area contributed by atoms with Gasteiger partial charge in [-0.2, -0.15) is 4.31 Å². The topological polar surface area (TPSA) is 66.5 Å². The Morgan fingerprint density at radius 2 is 1.63 bits per heavy atom. The van der Waals surface area contributed by atoms with E-state index >= 15 is 0 Å². The summed E-state index contributed by atoms with van der Waals surface area (Å²) in [7, 11) is -3.50. The largest absolute Gasteiger partial charge is 0.326 e. The van der Waals surface area contributed by atoms with Gasteiger partial charge in [0.15, 0.2) is 0 Å². The summed E-state index contributed by atoms with van der Waals surface area (Å²) in [6.07, 6.45) is 11.2.